The molecule has 466 valence electrons. The van der Waals surface area contributed by atoms with E-state index >= 15 is 9.59 Å². The number of hydrogen-bond donors (Lipinski definition) is 16. The summed E-state index contributed by atoms with van der Waals surface area (Å²) in [6.07, 6.45) is -1.29. The van der Waals surface area contributed by atoms with E-state index in [0.717, 1.165) is 27.6 Å². The lowest BCUT2D eigenvalue weighted by Crippen LogP contribution is -2.63. The van der Waals surface area contributed by atoms with Gasteiger partial charge in [0.25, 0.3) is 0 Å². The number of nitrogens with one attached hydrogen (secondary N) is 10. The SMILES string of the molecule is C[C@@H](O)[C@H](NC(=O)CSCC[C@@H]1C(=O)N[C@@H](Cc2ccc(O)cc2)C(=O)N[C@@H](Cc2c[nH]c3ccccc23)C(=O)N[C@@H](CCCCN)C(=O)N[C@@H]([C@@H](C)O)C(=O)N[C@@H](Cc2ccccc2)C(=O)N1C)C(=O)NCC(=O)NCC(=O)N[C@@H](CS)C(N)=O. The van der Waals surface area contributed by atoms with Gasteiger partial charge in [-0.25, -0.2) is 0 Å². The Hall–Kier alpha value is -8.25. The van der Waals surface area contributed by atoms with E-state index in [0.29, 0.717) is 29.5 Å². The number of aromatic amines is 1. The molecule has 0 unspecified atom stereocenters. The Morgan fingerprint density at radius 3 is 1.92 bits per heavy atom. The summed E-state index contributed by atoms with van der Waals surface area (Å²) in [4.78, 5) is 155. The van der Waals surface area contributed by atoms with Crippen LogP contribution < -0.4 is 59.3 Å². The van der Waals surface area contributed by atoms with Crippen LogP contribution in [0.3, 0.4) is 0 Å². The van der Waals surface area contributed by atoms with Crippen LogP contribution in [0.2, 0.25) is 0 Å². The number of aromatic hydroxyl groups is 1. The number of aliphatic hydroxyl groups excluding tert-OH is 2. The average Bonchev–Trinajstić information content (AvgIpc) is 2.63. The maximum Gasteiger partial charge on any atom is 0.245 e. The summed E-state index contributed by atoms with van der Waals surface area (Å²) in [7, 11) is 1.30. The quantitative estimate of drug-likeness (QED) is 0.0217. The number of amides is 11. The highest BCUT2D eigenvalue weighted by Gasteiger charge is 2.39. The monoisotopic (exact) mass is 1230 g/mol. The van der Waals surface area contributed by atoms with Crippen molar-refractivity contribution in [2.75, 3.05) is 43.9 Å². The van der Waals surface area contributed by atoms with Gasteiger partial charge in [-0.1, -0.05) is 60.7 Å². The molecule has 17 N–H and O–H groups in total. The molecule has 27 nitrogen and oxygen atoms in total. The summed E-state index contributed by atoms with van der Waals surface area (Å²) < 4.78 is 0. The van der Waals surface area contributed by atoms with E-state index in [1.54, 1.807) is 42.6 Å². The van der Waals surface area contributed by atoms with Crippen LogP contribution in [0.1, 0.15) is 56.2 Å². The molecule has 10 atom stereocenters. The van der Waals surface area contributed by atoms with Crippen LogP contribution in [-0.2, 0) is 72.0 Å². The molecule has 0 radical (unpaired) electrons. The predicted octanol–water partition coefficient (Wildman–Crippen LogP) is -3.20. The molecule has 0 saturated carbocycles. The number of H-pyrrole nitrogens is 1. The molecule has 1 saturated heterocycles. The third kappa shape index (κ3) is 21.1. The maximum atomic E-state index is 15.1. The van der Waals surface area contributed by atoms with Crippen LogP contribution in [0.4, 0.5) is 0 Å². The van der Waals surface area contributed by atoms with Crippen molar-refractivity contribution in [1.82, 2.24) is 57.7 Å². The summed E-state index contributed by atoms with van der Waals surface area (Å²) in [5.41, 5.74) is 13.4. The fraction of sp³-hybridized carbons (Fsp3) is 0.456. The highest BCUT2D eigenvalue weighted by molar-refractivity contribution is 7.99. The Kier molecular flexibility index (Phi) is 27.1. The molecule has 86 heavy (non-hydrogen) atoms. The Morgan fingerprint density at radius 2 is 1.27 bits per heavy atom. The minimum atomic E-state index is -1.69. The zero-order chi connectivity index (χ0) is 63.0. The fourth-order valence-electron chi connectivity index (χ4n) is 9.20. The number of aromatic nitrogens is 1. The summed E-state index contributed by atoms with van der Waals surface area (Å²) in [6, 6.07) is 10.0. The van der Waals surface area contributed by atoms with Crippen LogP contribution >= 0.6 is 24.4 Å². The summed E-state index contributed by atoms with van der Waals surface area (Å²) in [5, 5.41) is 55.2. The molecule has 11 amide bonds. The second-order valence-corrected chi connectivity index (χ2v) is 22.1. The molecule has 0 bridgehead atoms. The number of nitrogens with two attached hydrogens (primary N) is 2. The van der Waals surface area contributed by atoms with Crippen LogP contribution in [-0.4, -0.2) is 195 Å². The Balaban J connectivity index is 1.46. The number of nitrogens with zero attached hydrogens (tertiary/aromatic N) is 1. The number of carbonyl (C=O) groups excluding carboxylic acids is 11. The summed E-state index contributed by atoms with van der Waals surface area (Å²) >= 11 is 4.89. The number of hydrogen-bond acceptors (Lipinski definition) is 17. The molecule has 5 rings (SSSR count). The molecule has 4 aromatic rings. The number of fused-ring (bicyclic) bond motifs is 1. The van der Waals surface area contributed by atoms with Crippen LogP contribution in [0.25, 0.3) is 10.9 Å². The number of aliphatic hydroxyl groups is 2. The van der Waals surface area contributed by atoms with Gasteiger partial charge in [0.2, 0.25) is 65.0 Å². The lowest BCUT2D eigenvalue weighted by Gasteiger charge is -2.33. The zero-order valence-electron chi connectivity index (χ0n) is 47.8. The van der Waals surface area contributed by atoms with Crippen molar-refractivity contribution in [3.8, 4) is 5.75 Å². The molecule has 1 aromatic heterocycles. The van der Waals surface area contributed by atoms with Crippen molar-refractivity contribution >= 4 is 100 Å². The van der Waals surface area contributed by atoms with Crippen molar-refractivity contribution in [2.24, 2.45) is 11.5 Å². The van der Waals surface area contributed by atoms with Gasteiger partial charge < -0.3 is 84.5 Å². The predicted molar refractivity (Wildman–Crippen MR) is 321 cm³/mol. The first-order chi connectivity index (χ1) is 41.0. The number of benzene rings is 3. The molecular formula is C57H77N13O14S2. The average molecular weight is 1230 g/mol. The normalized spacial score (nSPS) is 20.5. The molecule has 1 fully saturated rings. The van der Waals surface area contributed by atoms with Crippen molar-refractivity contribution in [3.05, 3.63) is 102 Å². The Bertz CT molecular complexity index is 3010. The third-order valence-corrected chi connectivity index (χ3v) is 15.3. The molecular weight excluding hydrogens is 1150 g/mol. The van der Waals surface area contributed by atoms with E-state index in [-0.39, 0.29) is 61.7 Å². The van der Waals surface area contributed by atoms with Gasteiger partial charge in [-0.2, -0.15) is 24.4 Å². The van der Waals surface area contributed by atoms with Crippen molar-refractivity contribution in [3.63, 3.8) is 0 Å². The van der Waals surface area contributed by atoms with Gasteiger partial charge >= 0.3 is 0 Å². The van der Waals surface area contributed by atoms with Gasteiger partial charge in [0, 0.05) is 49.2 Å². The van der Waals surface area contributed by atoms with Gasteiger partial charge in [0.1, 0.15) is 54.1 Å². The van der Waals surface area contributed by atoms with Gasteiger partial charge in [-0.05, 0) is 86.7 Å². The number of phenols is 1. The summed E-state index contributed by atoms with van der Waals surface area (Å²) in [6.45, 7) is 1.46. The smallest absolute Gasteiger partial charge is 0.245 e. The zero-order valence-corrected chi connectivity index (χ0v) is 49.5. The summed E-state index contributed by atoms with van der Waals surface area (Å²) in [5.74, 6) is -10.0. The number of para-hydroxylation sites is 1. The molecule has 2 heterocycles. The van der Waals surface area contributed by atoms with E-state index in [1.165, 1.54) is 45.2 Å². The van der Waals surface area contributed by atoms with Gasteiger partial charge in [-0.15, -0.1) is 0 Å². The second kappa shape index (κ2) is 34.0. The minimum absolute atomic E-state index is 0.0215. The Morgan fingerprint density at radius 1 is 0.674 bits per heavy atom. The number of phenolic OH excluding ortho intramolecular Hbond substituents is 1. The van der Waals surface area contributed by atoms with E-state index < -0.39 is 139 Å². The van der Waals surface area contributed by atoms with Gasteiger partial charge in [0.05, 0.1) is 31.1 Å². The van der Waals surface area contributed by atoms with Crippen LogP contribution in [0, 0.1) is 0 Å². The van der Waals surface area contributed by atoms with Crippen LogP contribution in [0.5, 0.6) is 5.75 Å². The Labute approximate surface area is 506 Å². The van der Waals surface area contributed by atoms with Crippen molar-refractivity contribution in [2.45, 2.75) is 119 Å². The number of rotatable bonds is 26. The van der Waals surface area contributed by atoms with Crippen LogP contribution in [0.15, 0.2) is 85.1 Å². The number of likely N-dealkylation sites (N-methyl/N-ethyl adjacent to an activating group) is 1. The lowest BCUT2D eigenvalue weighted by atomic mass is 10.00. The minimum Gasteiger partial charge on any atom is -0.508 e. The number of unbranched alkanes of at least 4 members (excludes halogenated alkanes) is 1. The largest absolute Gasteiger partial charge is 0.508 e. The topological polar surface area (TPSA) is 428 Å². The first kappa shape index (κ1) is 68.5. The van der Waals surface area contributed by atoms with Crippen molar-refractivity contribution in [1.29, 1.82) is 0 Å². The number of thiol groups is 1. The second-order valence-electron chi connectivity index (χ2n) is 20.7. The molecule has 0 spiro atoms. The van der Waals surface area contributed by atoms with Crippen molar-refractivity contribution < 1.29 is 68.1 Å². The first-order valence-corrected chi connectivity index (χ1v) is 29.6. The number of primary amides is 1. The first-order valence-electron chi connectivity index (χ1n) is 27.8. The molecule has 0 aliphatic carbocycles. The van der Waals surface area contributed by atoms with Gasteiger partial charge in [-0.3, -0.25) is 52.7 Å². The third-order valence-electron chi connectivity index (χ3n) is 14.0. The van der Waals surface area contributed by atoms with E-state index in [1.807, 2.05) is 18.2 Å². The van der Waals surface area contributed by atoms with E-state index in [9.17, 15) is 58.5 Å². The number of thioether (sulfide) groups is 1. The maximum absolute atomic E-state index is 15.1. The molecule has 1 aliphatic heterocycles. The fourth-order valence-corrected chi connectivity index (χ4v) is 10.3. The van der Waals surface area contributed by atoms with E-state index in [4.69, 9.17) is 11.5 Å². The molecule has 1 aliphatic rings. The molecule has 29 heteroatoms. The highest BCUT2D eigenvalue weighted by Crippen LogP contribution is 2.21. The number of carbonyl (C=O) groups is 11. The molecule has 3 aromatic carbocycles. The highest BCUT2D eigenvalue weighted by atomic mass is 32.2. The lowest BCUT2D eigenvalue weighted by molar-refractivity contribution is -0.143. The van der Waals surface area contributed by atoms with E-state index in [2.05, 4.69) is 65.5 Å². The standard InChI is InChI=1S/C57H77N13O14S2/c1-31(71)48(55(82)62-27-45(74)61-28-46(75)63-43(29-85)50(59)77)68-47(76)30-86-22-20-44-54(81)66-40(23-34-16-18-36(73)19-17-34)52(79)65-41(25-35-26-60-38-14-8-7-13-37(35)38)53(80)64-39(15-9-10-21-58)51(78)69-49(32(2)72)56(83)67-42(57(84)70(44)3)24-33-11-5-4-6-12-33/h4-8,11-14,16-19,26,31-32,39-44,48-49,60,71-73,85H,9-10,15,20-25,27-30,58H2,1-3H3,(H2,59,77)(H,61,74)(H,62,82)(H,63,75)(H,64,80)(H,65,79)(H,66,81)(H,67,83)(H,68,76)(H,69,78)/t31-,32-,39+,40+,41+,42+,43+,44-,48+,49+/m1/s1. The van der Waals surface area contributed by atoms with Gasteiger partial charge in [0.15, 0.2) is 0 Å².